The van der Waals surface area contributed by atoms with Crippen LogP contribution in [0, 0.1) is 5.92 Å². The number of thioether (sulfide) groups is 1. The summed E-state index contributed by atoms with van der Waals surface area (Å²) in [6, 6.07) is 8.11. The van der Waals surface area contributed by atoms with Crippen LogP contribution in [-0.4, -0.2) is 28.9 Å². The Morgan fingerprint density at radius 3 is 2.55 bits per heavy atom. The van der Waals surface area contributed by atoms with Gasteiger partial charge in [0.2, 0.25) is 0 Å². The van der Waals surface area contributed by atoms with Crippen molar-refractivity contribution >= 4 is 23.8 Å². The Labute approximate surface area is 133 Å². The molecular weight excluding hydrogens is 300 g/mol. The summed E-state index contributed by atoms with van der Waals surface area (Å²) in [5.41, 5.74) is 1.18. The van der Waals surface area contributed by atoms with Gasteiger partial charge in [-0.25, -0.2) is 4.79 Å². The van der Waals surface area contributed by atoms with Gasteiger partial charge in [0.05, 0.1) is 12.0 Å². The van der Waals surface area contributed by atoms with Crippen molar-refractivity contribution in [3.8, 4) is 0 Å². The van der Waals surface area contributed by atoms with Crippen molar-refractivity contribution < 1.29 is 14.7 Å². The lowest BCUT2D eigenvalue weighted by Crippen LogP contribution is -2.45. The Balaban J connectivity index is 1.49. The minimum atomic E-state index is -0.720. The molecule has 6 heteroatoms. The number of carbonyl (C=O) groups is 2. The monoisotopic (exact) mass is 320 g/mol. The average molecular weight is 320 g/mol. The largest absolute Gasteiger partial charge is 0.481 e. The van der Waals surface area contributed by atoms with E-state index in [2.05, 4.69) is 22.8 Å². The van der Waals surface area contributed by atoms with Crippen LogP contribution in [0.1, 0.15) is 37.3 Å². The number of urea groups is 1. The van der Waals surface area contributed by atoms with E-state index in [1.807, 2.05) is 12.1 Å². The standard InChI is InChI=1S/C16H20N2O3S/c19-15(20)10-5-7-11(8-6-10)17-16(21)18-13-9-22-14-4-2-1-3-12(13)14/h1-4,10-11,13H,5-9H2,(H,19,20)(H2,17,18,21). The van der Waals surface area contributed by atoms with Gasteiger partial charge < -0.3 is 15.7 Å². The average Bonchev–Trinajstić information content (AvgIpc) is 2.91. The van der Waals surface area contributed by atoms with Crippen LogP contribution in [0.15, 0.2) is 29.2 Å². The van der Waals surface area contributed by atoms with Crippen LogP contribution in [0.4, 0.5) is 4.79 Å². The maximum absolute atomic E-state index is 12.1. The van der Waals surface area contributed by atoms with Gasteiger partial charge in [0.25, 0.3) is 0 Å². The Morgan fingerprint density at radius 1 is 1.09 bits per heavy atom. The van der Waals surface area contributed by atoms with Crippen LogP contribution in [0.2, 0.25) is 0 Å². The molecule has 1 aromatic carbocycles. The maximum Gasteiger partial charge on any atom is 0.315 e. The van der Waals surface area contributed by atoms with Gasteiger partial charge >= 0.3 is 12.0 Å². The van der Waals surface area contributed by atoms with Crippen LogP contribution in [0.3, 0.4) is 0 Å². The Bertz CT molecular complexity index is 570. The van der Waals surface area contributed by atoms with Gasteiger partial charge in [0.1, 0.15) is 0 Å². The molecule has 1 heterocycles. The Kier molecular flexibility index (Phi) is 4.57. The van der Waals surface area contributed by atoms with E-state index in [9.17, 15) is 9.59 Å². The van der Waals surface area contributed by atoms with Crippen LogP contribution in [0.25, 0.3) is 0 Å². The summed E-state index contributed by atoms with van der Waals surface area (Å²) in [6.45, 7) is 0. The number of carboxylic acid groups (broad SMARTS) is 1. The molecule has 1 unspecified atom stereocenters. The van der Waals surface area contributed by atoms with E-state index in [-0.39, 0.29) is 24.0 Å². The number of carboxylic acids is 1. The third kappa shape index (κ3) is 3.38. The molecule has 0 bridgehead atoms. The molecule has 0 spiro atoms. The molecular formula is C16H20N2O3S. The number of fused-ring (bicyclic) bond motifs is 1. The maximum atomic E-state index is 12.1. The van der Waals surface area contributed by atoms with Crippen LogP contribution in [0.5, 0.6) is 0 Å². The highest BCUT2D eigenvalue weighted by molar-refractivity contribution is 7.99. The second-order valence-corrected chi connectivity index (χ2v) is 6.97. The summed E-state index contributed by atoms with van der Waals surface area (Å²) in [6.07, 6.45) is 2.76. The van der Waals surface area contributed by atoms with E-state index >= 15 is 0 Å². The topological polar surface area (TPSA) is 78.4 Å². The highest BCUT2D eigenvalue weighted by Gasteiger charge is 2.28. The van der Waals surface area contributed by atoms with Gasteiger partial charge in [0.15, 0.2) is 0 Å². The molecule has 1 aliphatic carbocycles. The highest BCUT2D eigenvalue weighted by Crippen LogP contribution is 2.37. The molecule has 22 heavy (non-hydrogen) atoms. The number of hydrogen-bond donors (Lipinski definition) is 3. The van der Waals surface area contributed by atoms with E-state index in [4.69, 9.17) is 5.11 Å². The number of rotatable bonds is 3. The third-order valence-electron chi connectivity index (χ3n) is 4.42. The zero-order valence-corrected chi connectivity index (χ0v) is 13.1. The lowest BCUT2D eigenvalue weighted by atomic mass is 9.86. The molecule has 1 aromatic rings. The molecule has 0 aromatic heterocycles. The summed E-state index contributed by atoms with van der Waals surface area (Å²) in [7, 11) is 0. The predicted molar refractivity (Wildman–Crippen MR) is 85.0 cm³/mol. The lowest BCUT2D eigenvalue weighted by Gasteiger charge is -2.27. The van der Waals surface area contributed by atoms with Gasteiger partial charge in [-0.3, -0.25) is 4.79 Å². The number of nitrogens with one attached hydrogen (secondary N) is 2. The fraction of sp³-hybridized carbons (Fsp3) is 0.500. The van der Waals surface area contributed by atoms with Crippen molar-refractivity contribution in [1.82, 2.24) is 10.6 Å². The van der Waals surface area contributed by atoms with Crippen molar-refractivity contribution in [2.24, 2.45) is 5.92 Å². The first-order chi connectivity index (χ1) is 10.6. The number of carbonyl (C=O) groups excluding carboxylic acids is 1. The summed E-state index contributed by atoms with van der Waals surface area (Å²) in [4.78, 5) is 24.3. The Morgan fingerprint density at radius 2 is 1.82 bits per heavy atom. The second-order valence-electron chi connectivity index (χ2n) is 5.91. The van der Waals surface area contributed by atoms with Crippen molar-refractivity contribution in [2.75, 3.05) is 5.75 Å². The summed E-state index contributed by atoms with van der Waals surface area (Å²) >= 11 is 1.76. The number of hydrogen-bond acceptors (Lipinski definition) is 3. The third-order valence-corrected chi connectivity index (χ3v) is 5.60. The smallest absolute Gasteiger partial charge is 0.315 e. The van der Waals surface area contributed by atoms with Crippen molar-refractivity contribution in [1.29, 1.82) is 0 Å². The molecule has 118 valence electrons. The normalized spacial score (nSPS) is 27.0. The molecule has 1 fully saturated rings. The Hall–Kier alpha value is -1.69. The summed E-state index contributed by atoms with van der Waals surface area (Å²) in [5.74, 6) is -0.111. The fourth-order valence-electron chi connectivity index (χ4n) is 3.15. The molecule has 1 aliphatic heterocycles. The quantitative estimate of drug-likeness (QED) is 0.800. The molecule has 0 saturated heterocycles. The van der Waals surface area contributed by atoms with Crippen LogP contribution in [-0.2, 0) is 4.79 Å². The van der Waals surface area contributed by atoms with Crippen LogP contribution < -0.4 is 10.6 Å². The molecule has 5 nitrogen and oxygen atoms in total. The zero-order chi connectivity index (χ0) is 15.5. The van der Waals surface area contributed by atoms with Crippen LogP contribution >= 0.6 is 11.8 Å². The molecule has 2 aliphatic rings. The minimum Gasteiger partial charge on any atom is -0.481 e. The van der Waals surface area contributed by atoms with E-state index in [0.29, 0.717) is 12.8 Å². The lowest BCUT2D eigenvalue weighted by molar-refractivity contribution is -0.142. The van der Waals surface area contributed by atoms with Gasteiger partial charge in [-0.15, -0.1) is 11.8 Å². The first kappa shape index (κ1) is 15.2. The number of benzene rings is 1. The van der Waals surface area contributed by atoms with E-state index in [0.717, 1.165) is 18.6 Å². The highest BCUT2D eigenvalue weighted by atomic mass is 32.2. The molecule has 0 radical (unpaired) electrons. The molecule has 2 amide bonds. The SMILES string of the molecule is O=C(NC1CCC(C(=O)O)CC1)NC1CSc2ccccc21. The molecule has 3 rings (SSSR count). The van der Waals surface area contributed by atoms with E-state index < -0.39 is 5.97 Å². The minimum absolute atomic E-state index is 0.0524. The van der Waals surface area contributed by atoms with E-state index in [1.165, 1.54) is 10.5 Å². The molecule has 1 atom stereocenters. The van der Waals surface area contributed by atoms with Crippen molar-refractivity contribution in [3.05, 3.63) is 29.8 Å². The summed E-state index contributed by atoms with van der Waals surface area (Å²) in [5, 5.41) is 15.0. The van der Waals surface area contributed by atoms with Crippen molar-refractivity contribution in [3.63, 3.8) is 0 Å². The predicted octanol–water partition coefficient (Wildman–Crippen LogP) is 2.78. The molecule has 3 N–H and O–H groups in total. The van der Waals surface area contributed by atoms with Crippen molar-refractivity contribution in [2.45, 2.75) is 42.7 Å². The summed E-state index contributed by atoms with van der Waals surface area (Å²) < 4.78 is 0. The number of aliphatic carboxylic acids is 1. The second kappa shape index (κ2) is 6.60. The first-order valence-electron chi connectivity index (χ1n) is 7.65. The number of amides is 2. The first-order valence-corrected chi connectivity index (χ1v) is 8.63. The van der Waals surface area contributed by atoms with E-state index in [1.54, 1.807) is 11.8 Å². The van der Waals surface area contributed by atoms with Gasteiger partial charge in [-0.05, 0) is 37.3 Å². The fourth-order valence-corrected chi connectivity index (χ4v) is 4.31. The molecule has 1 saturated carbocycles. The zero-order valence-electron chi connectivity index (χ0n) is 12.2. The van der Waals surface area contributed by atoms with Gasteiger partial charge in [0, 0.05) is 16.7 Å². The van der Waals surface area contributed by atoms with Gasteiger partial charge in [-0.1, -0.05) is 18.2 Å². The van der Waals surface area contributed by atoms with Gasteiger partial charge in [-0.2, -0.15) is 0 Å².